The first-order valence-corrected chi connectivity index (χ1v) is 3.65. The third kappa shape index (κ3) is 0.936. The highest BCUT2D eigenvalue weighted by molar-refractivity contribution is 6.30. The Bertz CT molecular complexity index is 467. The van der Waals surface area contributed by atoms with E-state index in [4.69, 9.17) is 18.0 Å². The molecule has 2 aromatic rings. The molecule has 3 nitrogen and oxygen atoms in total. The van der Waals surface area contributed by atoms with Gasteiger partial charge in [0.25, 0.3) is 0 Å². The van der Waals surface area contributed by atoms with Gasteiger partial charge in [-0.15, -0.1) is 6.42 Å². The van der Waals surface area contributed by atoms with Crippen LogP contribution in [0.15, 0.2) is 18.5 Å². The van der Waals surface area contributed by atoms with Crippen molar-refractivity contribution in [1.29, 1.82) is 0 Å². The Morgan fingerprint density at radius 2 is 2.33 bits per heavy atom. The van der Waals surface area contributed by atoms with Crippen molar-refractivity contribution in [3.8, 4) is 12.3 Å². The Balaban J connectivity index is 2.84. The Morgan fingerprint density at radius 3 is 3.08 bits per heavy atom. The number of fused-ring (bicyclic) bond motifs is 1. The second kappa shape index (κ2) is 2.50. The summed E-state index contributed by atoms with van der Waals surface area (Å²) in [7, 11) is 0. The molecule has 0 aliphatic rings. The zero-order valence-corrected chi connectivity index (χ0v) is 6.78. The maximum atomic E-state index is 5.70. The Hall–Kier alpha value is -1.53. The van der Waals surface area contributed by atoms with Crippen LogP contribution in [0.25, 0.3) is 5.65 Å². The Labute approximate surface area is 74.0 Å². The third-order valence-corrected chi connectivity index (χ3v) is 1.68. The monoisotopic (exact) mass is 177 g/mol. The number of rotatable bonds is 0. The summed E-state index contributed by atoms with van der Waals surface area (Å²) in [6.07, 6.45) is 8.32. The topological polar surface area (TPSA) is 30.2 Å². The van der Waals surface area contributed by atoms with Gasteiger partial charge in [0, 0.05) is 6.07 Å². The molecule has 2 aromatic heterocycles. The van der Waals surface area contributed by atoms with Gasteiger partial charge in [-0.05, 0) is 5.92 Å². The third-order valence-electron chi connectivity index (χ3n) is 1.48. The summed E-state index contributed by atoms with van der Waals surface area (Å²) in [6, 6.07) is 1.70. The maximum absolute atomic E-state index is 5.70. The zero-order valence-electron chi connectivity index (χ0n) is 6.03. The van der Waals surface area contributed by atoms with Crippen LogP contribution in [0.2, 0.25) is 5.02 Å². The number of hydrogen-bond acceptors (Lipinski definition) is 2. The van der Waals surface area contributed by atoms with Crippen molar-refractivity contribution in [1.82, 2.24) is 14.6 Å². The summed E-state index contributed by atoms with van der Waals surface area (Å²) < 4.78 is 1.56. The van der Waals surface area contributed by atoms with E-state index in [1.807, 2.05) is 0 Å². The lowest BCUT2D eigenvalue weighted by molar-refractivity contribution is 0.924. The van der Waals surface area contributed by atoms with Crippen molar-refractivity contribution in [3.05, 3.63) is 29.2 Å². The van der Waals surface area contributed by atoms with E-state index >= 15 is 0 Å². The average molecular weight is 178 g/mol. The van der Waals surface area contributed by atoms with Crippen molar-refractivity contribution in [3.63, 3.8) is 0 Å². The van der Waals surface area contributed by atoms with Crippen molar-refractivity contribution in [2.24, 2.45) is 0 Å². The quantitative estimate of drug-likeness (QED) is 0.569. The molecule has 12 heavy (non-hydrogen) atoms. The lowest BCUT2D eigenvalue weighted by atomic mass is 10.5. The van der Waals surface area contributed by atoms with E-state index in [1.165, 1.54) is 6.20 Å². The molecule has 0 unspecified atom stereocenters. The van der Waals surface area contributed by atoms with Gasteiger partial charge in [-0.25, -0.2) is 9.50 Å². The number of terminal acetylenes is 1. The van der Waals surface area contributed by atoms with E-state index in [9.17, 15) is 0 Å². The smallest absolute Gasteiger partial charge is 0.156 e. The van der Waals surface area contributed by atoms with E-state index in [0.29, 0.717) is 16.4 Å². The largest absolute Gasteiger partial charge is 0.234 e. The number of aromatic nitrogens is 3. The first kappa shape index (κ1) is 7.14. The molecule has 0 radical (unpaired) electrons. The molecule has 0 atom stereocenters. The van der Waals surface area contributed by atoms with Gasteiger partial charge in [0.2, 0.25) is 0 Å². The lowest BCUT2D eigenvalue weighted by Gasteiger charge is -1.92. The molecule has 4 heteroatoms. The molecule has 58 valence electrons. The minimum atomic E-state index is 0.552. The molecule has 0 N–H and O–H groups in total. The lowest BCUT2D eigenvalue weighted by Crippen LogP contribution is -1.92. The van der Waals surface area contributed by atoms with E-state index < -0.39 is 0 Å². The molecule has 0 amide bonds. The summed E-state index contributed by atoms with van der Waals surface area (Å²) in [5.41, 5.74) is 1.29. The minimum Gasteiger partial charge on any atom is -0.234 e. The van der Waals surface area contributed by atoms with E-state index in [0.717, 1.165) is 0 Å². The molecule has 0 saturated heterocycles. The fourth-order valence-electron chi connectivity index (χ4n) is 0.952. The maximum Gasteiger partial charge on any atom is 0.156 e. The first-order valence-electron chi connectivity index (χ1n) is 3.27. The first-order chi connectivity index (χ1) is 5.81. The van der Waals surface area contributed by atoms with Crippen LogP contribution < -0.4 is 0 Å². The normalized spacial score (nSPS) is 10.0. The van der Waals surface area contributed by atoms with E-state index in [2.05, 4.69) is 16.0 Å². The number of hydrogen-bond donors (Lipinski definition) is 0. The van der Waals surface area contributed by atoms with Crippen LogP contribution in [-0.4, -0.2) is 14.6 Å². The molecule has 0 fully saturated rings. The van der Waals surface area contributed by atoms with Crippen LogP contribution in [0, 0.1) is 12.3 Å². The fourth-order valence-corrected chi connectivity index (χ4v) is 1.09. The molecular weight excluding hydrogens is 174 g/mol. The van der Waals surface area contributed by atoms with Crippen molar-refractivity contribution >= 4 is 17.2 Å². The summed E-state index contributed by atoms with van der Waals surface area (Å²) in [6.45, 7) is 0. The van der Waals surface area contributed by atoms with Crippen molar-refractivity contribution in [2.45, 2.75) is 0 Å². The summed E-state index contributed by atoms with van der Waals surface area (Å²) in [4.78, 5) is 4.02. The SMILES string of the molecule is C#Cc1cnc2cc(Cl)cnn12. The van der Waals surface area contributed by atoms with Gasteiger partial charge >= 0.3 is 0 Å². The van der Waals surface area contributed by atoms with Gasteiger partial charge in [0.15, 0.2) is 5.65 Å². The standard InChI is InChI=1S/C8H4ClN3/c1-2-7-5-10-8-3-6(9)4-11-12(7)8/h1,3-5H. The van der Waals surface area contributed by atoms with Crippen LogP contribution in [0.4, 0.5) is 0 Å². The van der Waals surface area contributed by atoms with Crippen LogP contribution in [0.1, 0.15) is 5.69 Å². The van der Waals surface area contributed by atoms with Gasteiger partial charge in [-0.2, -0.15) is 5.10 Å². The highest BCUT2D eigenvalue weighted by atomic mass is 35.5. The van der Waals surface area contributed by atoms with Gasteiger partial charge in [0.1, 0.15) is 5.69 Å². The van der Waals surface area contributed by atoms with Gasteiger partial charge < -0.3 is 0 Å². The summed E-state index contributed by atoms with van der Waals surface area (Å²) in [5, 5.41) is 4.54. The zero-order chi connectivity index (χ0) is 8.55. The molecule has 0 aromatic carbocycles. The Morgan fingerprint density at radius 1 is 1.50 bits per heavy atom. The average Bonchev–Trinajstić information content (AvgIpc) is 2.46. The second-order valence-corrected chi connectivity index (χ2v) is 2.67. The number of halogens is 1. The highest BCUT2D eigenvalue weighted by Gasteiger charge is 2.00. The van der Waals surface area contributed by atoms with Gasteiger partial charge in [-0.3, -0.25) is 0 Å². The van der Waals surface area contributed by atoms with E-state index in [1.54, 1.807) is 16.8 Å². The molecule has 0 aliphatic carbocycles. The summed E-state index contributed by atoms with van der Waals surface area (Å²) >= 11 is 5.70. The van der Waals surface area contributed by atoms with Gasteiger partial charge in [0.05, 0.1) is 17.4 Å². The van der Waals surface area contributed by atoms with Crippen molar-refractivity contribution in [2.75, 3.05) is 0 Å². The molecule has 0 saturated carbocycles. The Kier molecular flexibility index (Phi) is 1.49. The fraction of sp³-hybridized carbons (Fsp3) is 0. The molecular formula is C8H4ClN3. The van der Waals surface area contributed by atoms with Crippen LogP contribution >= 0.6 is 11.6 Å². The molecule has 0 bridgehead atoms. The molecule has 0 spiro atoms. The summed E-state index contributed by atoms with van der Waals surface area (Å²) in [5.74, 6) is 2.46. The predicted octanol–water partition coefficient (Wildman–Crippen LogP) is 1.36. The van der Waals surface area contributed by atoms with Crippen LogP contribution in [0.5, 0.6) is 0 Å². The predicted molar refractivity (Wildman–Crippen MR) is 45.9 cm³/mol. The number of nitrogens with zero attached hydrogens (tertiary/aromatic N) is 3. The molecule has 2 heterocycles. The van der Waals surface area contributed by atoms with Gasteiger partial charge in [-0.1, -0.05) is 11.6 Å². The van der Waals surface area contributed by atoms with E-state index in [-0.39, 0.29) is 0 Å². The molecule has 0 aliphatic heterocycles. The van der Waals surface area contributed by atoms with Crippen molar-refractivity contribution < 1.29 is 0 Å². The minimum absolute atomic E-state index is 0.552. The van der Waals surface area contributed by atoms with Crippen LogP contribution in [0.3, 0.4) is 0 Å². The molecule has 2 rings (SSSR count). The van der Waals surface area contributed by atoms with Crippen LogP contribution in [-0.2, 0) is 0 Å². The number of imidazole rings is 1. The second-order valence-electron chi connectivity index (χ2n) is 2.23. The highest BCUT2D eigenvalue weighted by Crippen LogP contribution is 2.09.